The fourth-order valence-electron chi connectivity index (χ4n) is 7.06. The molecule has 0 saturated heterocycles. The van der Waals surface area contributed by atoms with E-state index >= 15 is 0 Å². The number of benzene rings is 3. The highest BCUT2D eigenvalue weighted by atomic mass is 127. The molecule has 1 N–H and O–H groups in total. The van der Waals surface area contributed by atoms with Crippen molar-refractivity contribution in [2.45, 2.75) is 175 Å². The molecule has 3 aromatic rings. The lowest BCUT2D eigenvalue weighted by atomic mass is 10.0. The highest BCUT2D eigenvalue weighted by Gasteiger charge is 2.09. The first kappa shape index (κ1) is 47.1. The Morgan fingerprint density at radius 2 is 0.782 bits per heavy atom. The van der Waals surface area contributed by atoms with Crippen LogP contribution in [-0.2, 0) is 12.8 Å². The molecule has 0 aromatic heterocycles. The molecule has 0 spiro atoms. The van der Waals surface area contributed by atoms with Gasteiger partial charge in [-0.3, -0.25) is 4.79 Å². The SMILES string of the molecule is CCCCCCCCCCCCNC(=O)c1cc(C#Cc2cc(I)cc(CCCCCCCC)c2)cc(C#Cc2cc(I)cc(CCCCCCCC)c2)c1. The minimum Gasteiger partial charge on any atom is -0.352 e. The van der Waals surface area contributed by atoms with Crippen LogP contribution < -0.4 is 5.32 Å². The number of carbonyl (C=O) groups excluding carboxylic acids is 1. The van der Waals surface area contributed by atoms with Crippen molar-refractivity contribution in [2.75, 3.05) is 6.54 Å². The van der Waals surface area contributed by atoms with Gasteiger partial charge in [0.1, 0.15) is 0 Å². The number of nitrogens with one attached hydrogen (secondary N) is 1. The van der Waals surface area contributed by atoms with Crippen LogP contribution in [0.15, 0.2) is 54.6 Å². The highest BCUT2D eigenvalue weighted by molar-refractivity contribution is 14.1. The van der Waals surface area contributed by atoms with E-state index in [1.54, 1.807) is 0 Å². The van der Waals surface area contributed by atoms with E-state index in [4.69, 9.17) is 0 Å². The van der Waals surface area contributed by atoms with Crippen LogP contribution in [0.25, 0.3) is 0 Å². The molecule has 0 atom stereocenters. The quantitative estimate of drug-likeness (QED) is 0.0485. The number of hydrogen-bond acceptors (Lipinski definition) is 1. The maximum atomic E-state index is 13.5. The molecule has 0 saturated carbocycles. The van der Waals surface area contributed by atoms with Gasteiger partial charge in [-0.25, -0.2) is 0 Å². The van der Waals surface area contributed by atoms with E-state index < -0.39 is 0 Å². The van der Waals surface area contributed by atoms with Crippen LogP contribution in [0.4, 0.5) is 0 Å². The first-order valence-corrected chi connectivity index (χ1v) is 24.1. The molecule has 0 unspecified atom stereocenters. The Morgan fingerprint density at radius 1 is 0.436 bits per heavy atom. The molecule has 55 heavy (non-hydrogen) atoms. The zero-order valence-corrected chi connectivity index (χ0v) is 38.9. The monoisotopic (exact) mass is 965 g/mol. The van der Waals surface area contributed by atoms with Crippen LogP contribution in [0.3, 0.4) is 0 Å². The van der Waals surface area contributed by atoms with Crippen molar-refractivity contribution in [3.05, 3.63) is 101 Å². The third kappa shape index (κ3) is 21.7. The molecule has 1 amide bonds. The van der Waals surface area contributed by atoms with E-state index in [-0.39, 0.29) is 5.91 Å². The summed E-state index contributed by atoms with van der Waals surface area (Å²) in [6.07, 6.45) is 30.6. The Morgan fingerprint density at radius 3 is 1.18 bits per heavy atom. The molecule has 4 heteroatoms. The predicted molar refractivity (Wildman–Crippen MR) is 255 cm³/mol. The van der Waals surface area contributed by atoms with Gasteiger partial charge < -0.3 is 5.32 Å². The maximum Gasteiger partial charge on any atom is 0.251 e. The van der Waals surface area contributed by atoms with Crippen LogP contribution in [-0.4, -0.2) is 12.5 Å². The summed E-state index contributed by atoms with van der Waals surface area (Å²) in [6, 6.07) is 19.3. The zero-order valence-electron chi connectivity index (χ0n) is 34.5. The number of rotatable bonds is 26. The largest absolute Gasteiger partial charge is 0.352 e. The zero-order chi connectivity index (χ0) is 39.4. The van der Waals surface area contributed by atoms with Crippen LogP contribution >= 0.6 is 45.2 Å². The summed E-state index contributed by atoms with van der Waals surface area (Å²) in [4.78, 5) is 13.5. The van der Waals surface area contributed by atoms with E-state index in [0.717, 1.165) is 47.9 Å². The first-order chi connectivity index (χ1) is 26.9. The lowest BCUT2D eigenvalue weighted by Crippen LogP contribution is -2.24. The number of unbranched alkanes of at least 4 members (excludes halogenated alkanes) is 19. The Hall–Kier alpha value is -2.29. The van der Waals surface area contributed by atoms with Crippen LogP contribution in [0, 0.1) is 30.8 Å². The number of hydrogen-bond donors (Lipinski definition) is 1. The predicted octanol–water partition coefficient (Wildman–Crippen LogP) is 15.2. The lowest BCUT2D eigenvalue weighted by molar-refractivity contribution is 0.0953. The smallest absolute Gasteiger partial charge is 0.251 e. The maximum absolute atomic E-state index is 13.5. The van der Waals surface area contributed by atoms with Gasteiger partial charge in [0, 0.05) is 41.5 Å². The van der Waals surface area contributed by atoms with Crippen molar-refractivity contribution in [1.29, 1.82) is 0 Å². The second kappa shape index (κ2) is 29.9. The molecule has 3 rings (SSSR count). The molecule has 2 nitrogen and oxygen atoms in total. The molecule has 0 radical (unpaired) electrons. The highest BCUT2D eigenvalue weighted by Crippen LogP contribution is 2.19. The van der Waals surface area contributed by atoms with Crippen molar-refractivity contribution in [2.24, 2.45) is 0 Å². The molecule has 0 aliphatic heterocycles. The molecular weight excluding hydrogens is 896 g/mol. The summed E-state index contributed by atoms with van der Waals surface area (Å²) in [5, 5.41) is 3.19. The third-order valence-corrected chi connectivity index (χ3v) is 11.5. The summed E-state index contributed by atoms with van der Waals surface area (Å²) >= 11 is 4.82. The molecule has 0 fully saturated rings. The number of aryl methyl sites for hydroxylation is 2. The Kier molecular flexibility index (Phi) is 25.6. The Bertz CT molecular complexity index is 1570. The minimum atomic E-state index is -0.0476. The molecule has 0 aliphatic carbocycles. The van der Waals surface area contributed by atoms with Gasteiger partial charge in [0.2, 0.25) is 0 Å². The second-order valence-corrected chi connectivity index (χ2v) is 18.0. The average Bonchev–Trinajstić information content (AvgIpc) is 3.17. The molecule has 0 heterocycles. The van der Waals surface area contributed by atoms with E-state index in [2.05, 4.69) is 131 Å². The third-order valence-electron chi connectivity index (χ3n) is 10.3. The summed E-state index contributed by atoms with van der Waals surface area (Å²) in [5.74, 6) is 13.6. The van der Waals surface area contributed by atoms with Gasteiger partial charge in [-0.2, -0.15) is 0 Å². The van der Waals surface area contributed by atoms with Gasteiger partial charge in [-0.15, -0.1) is 0 Å². The van der Waals surface area contributed by atoms with Crippen molar-refractivity contribution >= 4 is 51.1 Å². The number of carbonyl (C=O) groups is 1. The molecule has 298 valence electrons. The van der Waals surface area contributed by atoms with Gasteiger partial charge in [0.05, 0.1) is 0 Å². The molecule has 0 bridgehead atoms. The molecule has 3 aromatic carbocycles. The van der Waals surface area contributed by atoms with E-state index in [1.165, 1.54) is 147 Å². The molecular formula is C51H69I2NO. The van der Waals surface area contributed by atoms with E-state index in [0.29, 0.717) is 12.1 Å². The fourth-order valence-corrected chi connectivity index (χ4v) is 8.53. The van der Waals surface area contributed by atoms with E-state index in [1.807, 2.05) is 18.2 Å². The summed E-state index contributed by atoms with van der Waals surface area (Å²) < 4.78 is 2.43. The van der Waals surface area contributed by atoms with Crippen LogP contribution in [0.5, 0.6) is 0 Å². The Labute approximate surface area is 364 Å². The first-order valence-electron chi connectivity index (χ1n) is 22.0. The van der Waals surface area contributed by atoms with Crippen molar-refractivity contribution in [3.8, 4) is 23.7 Å². The minimum absolute atomic E-state index is 0.0476. The normalized spacial score (nSPS) is 10.8. The summed E-state index contributed by atoms with van der Waals surface area (Å²) in [7, 11) is 0. The van der Waals surface area contributed by atoms with Gasteiger partial charge in [0.15, 0.2) is 0 Å². The van der Waals surface area contributed by atoms with Gasteiger partial charge >= 0.3 is 0 Å². The number of amides is 1. The van der Waals surface area contributed by atoms with Crippen LogP contribution in [0.1, 0.15) is 206 Å². The van der Waals surface area contributed by atoms with Crippen LogP contribution in [0.2, 0.25) is 0 Å². The summed E-state index contributed by atoms with van der Waals surface area (Å²) in [5.41, 5.74) is 7.01. The topological polar surface area (TPSA) is 29.1 Å². The van der Waals surface area contributed by atoms with Crippen molar-refractivity contribution in [1.82, 2.24) is 5.32 Å². The van der Waals surface area contributed by atoms with Gasteiger partial charge in [0.25, 0.3) is 5.91 Å². The van der Waals surface area contributed by atoms with Gasteiger partial charge in [-0.1, -0.05) is 166 Å². The Balaban J connectivity index is 1.73. The van der Waals surface area contributed by atoms with Crippen molar-refractivity contribution in [3.63, 3.8) is 0 Å². The second-order valence-electron chi connectivity index (χ2n) is 15.5. The summed E-state index contributed by atoms with van der Waals surface area (Å²) in [6.45, 7) is 7.50. The molecule has 0 aliphatic rings. The fraction of sp³-hybridized carbons (Fsp3) is 0.549. The number of halogens is 2. The van der Waals surface area contributed by atoms with E-state index in [9.17, 15) is 4.79 Å². The standard InChI is InChI=1S/C51H69I2NO/c1-4-7-10-13-16-17-18-19-22-25-32-54-51(55)48-36-44(28-30-46-33-42(38-49(52)40-46)26-23-20-14-11-8-5-2)35-45(37-48)29-31-47-34-43(39-50(53)41-47)27-24-21-15-12-9-6-3/h33-41H,4-27,32H2,1-3H3,(H,54,55). The average molecular weight is 966 g/mol. The van der Waals surface area contributed by atoms with Crippen molar-refractivity contribution < 1.29 is 4.79 Å². The lowest BCUT2D eigenvalue weighted by Gasteiger charge is -2.07. The van der Waals surface area contributed by atoms with Gasteiger partial charge in [-0.05, 0) is 143 Å².